The Morgan fingerprint density at radius 3 is 2.39 bits per heavy atom. The lowest BCUT2D eigenvalue weighted by molar-refractivity contribution is 0.0942. The molecule has 0 aromatic carbocycles. The van der Waals surface area contributed by atoms with Crippen LogP contribution in [0.4, 0.5) is 0 Å². The van der Waals surface area contributed by atoms with Gasteiger partial charge in [0.1, 0.15) is 0 Å². The fourth-order valence-electron chi connectivity index (χ4n) is 2.93. The van der Waals surface area contributed by atoms with Gasteiger partial charge in [-0.05, 0) is 44.4 Å². The van der Waals surface area contributed by atoms with E-state index in [2.05, 4.69) is 17.0 Å². The predicted molar refractivity (Wildman–Crippen MR) is 92.7 cm³/mol. The van der Waals surface area contributed by atoms with E-state index < -0.39 is 0 Å². The first-order chi connectivity index (χ1) is 11.1. The molecule has 23 heavy (non-hydrogen) atoms. The Morgan fingerprint density at radius 2 is 1.70 bits per heavy atom. The summed E-state index contributed by atoms with van der Waals surface area (Å²) in [7, 11) is 0. The zero-order valence-corrected chi connectivity index (χ0v) is 14.5. The highest BCUT2D eigenvalue weighted by Crippen LogP contribution is 2.18. The second kappa shape index (κ2) is 8.61. The third-order valence-corrected chi connectivity index (χ3v) is 4.34. The number of unbranched alkanes of at least 4 members (excludes halogenated alkanes) is 5. The molecular weight excluding hydrogens is 286 g/mol. The zero-order valence-electron chi connectivity index (χ0n) is 14.5. The number of pyridine rings is 1. The topological polar surface area (TPSA) is 47.8 Å². The summed E-state index contributed by atoms with van der Waals surface area (Å²) < 4.78 is 1.54. The molecule has 4 nitrogen and oxygen atoms in total. The lowest BCUT2D eigenvalue weighted by atomic mass is 10.0. The average Bonchev–Trinajstić information content (AvgIpc) is 2.86. The molecule has 0 spiro atoms. The van der Waals surface area contributed by atoms with E-state index in [4.69, 9.17) is 0 Å². The number of hydrogen-bond donors (Lipinski definition) is 0. The maximum absolute atomic E-state index is 12.6. The molecule has 0 N–H and O–H groups in total. The molecule has 2 heterocycles. The van der Waals surface area contributed by atoms with Crippen LogP contribution in [0.5, 0.6) is 0 Å². The van der Waals surface area contributed by atoms with E-state index in [-0.39, 0.29) is 5.91 Å². The third-order valence-electron chi connectivity index (χ3n) is 4.34. The molecular formula is C19H27N3O. The summed E-state index contributed by atoms with van der Waals surface area (Å²) >= 11 is 0. The van der Waals surface area contributed by atoms with Gasteiger partial charge in [-0.1, -0.05) is 39.0 Å². The summed E-state index contributed by atoms with van der Waals surface area (Å²) in [6, 6.07) is 3.46. The molecule has 0 unspecified atom stereocenters. The largest absolute Gasteiger partial charge is 0.278 e. The maximum Gasteiger partial charge on any atom is 0.278 e. The Balaban J connectivity index is 2.00. The molecule has 0 aliphatic carbocycles. The summed E-state index contributed by atoms with van der Waals surface area (Å²) in [5.74, 6) is -0.0813. The Morgan fingerprint density at radius 1 is 1.04 bits per heavy atom. The van der Waals surface area contributed by atoms with Crippen molar-refractivity contribution in [3.05, 3.63) is 47.0 Å². The van der Waals surface area contributed by atoms with E-state index in [1.54, 1.807) is 24.5 Å². The van der Waals surface area contributed by atoms with Gasteiger partial charge < -0.3 is 0 Å². The van der Waals surface area contributed by atoms with Gasteiger partial charge in [0, 0.05) is 23.7 Å². The monoisotopic (exact) mass is 313 g/mol. The van der Waals surface area contributed by atoms with Crippen LogP contribution < -0.4 is 0 Å². The second-order valence-electron chi connectivity index (χ2n) is 6.12. The van der Waals surface area contributed by atoms with Gasteiger partial charge >= 0.3 is 0 Å². The second-order valence-corrected chi connectivity index (χ2v) is 6.12. The minimum Gasteiger partial charge on any atom is -0.267 e. The SMILES string of the molecule is CCCCCCCCc1c(C)nn(C(=O)c2ccncc2)c1C. The molecule has 4 heteroatoms. The standard InChI is InChI=1S/C19H27N3O/c1-4-5-6-7-8-9-10-18-15(2)21-22(16(18)3)19(23)17-11-13-20-14-12-17/h11-14H,4-10H2,1-3H3. The van der Waals surface area contributed by atoms with E-state index in [9.17, 15) is 4.79 Å². The molecule has 0 amide bonds. The molecule has 0 radical (unpaired) electrons. The van der Waals surface area contributed by atoms with Crippen LogP contribution in [0.1, 0.15) is 72.8 Å². The lowest BCUT2D eigenvalue weighted by Gasteiger charge is -2.05. The highest BCUT2D eigenvalue weighted by molar-refractivity contribution is 5.95. The first-order valence-electron chi connectivity index (χ1n) is 8.65. The molecule has 0 saturated carbocycles. The van der Waals surface area contributed by atoms with Crippen LogP contribution in [0.3, 0.4) is 0 Å². The molecule has 0 aliphatic heterocycles. The zero-order chi connectivity index (χ0) is 16.7. The summed E-state index contributed by atoms with van der Waals surface area (Å²) in [4.78, 5) is 16.5. The van der Waals surface area contributed by atoms with Crippen LogP contribution in [0.25, 0.3) is 0 Å². The van der Waals surface area contributed by atoms with E-state index in [0.29, 0.717) is 5.56 Å². The third kappa shape index (κ3) is 4.50. The highest BCUT2D eigenvalue weighted by atomic mass is 16.2. The van der Waals surface area contributed by atoms with Crippen molar-refractivity contribution >= 4 is 5.91 Å². The van der Waals surface area contributed by atoms with Crippen molar-refractivity contribution in [1.29, 1.82) is 0 Å². The van der Waals surface area contributed by atoms with Gasteiger partial charge in [-0.2, -0.15) is 5.10 Å². The van der Waals surface area contributed by atoms with Crippen LogP contribution in [0.15, 0.2) is 24.5 Å². The molecule has 0 saturated heterocycles. The smallest absolute Gasteiger partial charge is 0.267 e. The number of hydrogen-bond acceptors (Lipinski definition) is 3. The molecule has 0 bridgehead atoms. The summed E-state index contributed by atoms with van der Waals surface area (Å²) in [5.41, 5.74) is 3.79. The van der Waals surface area contributed by atoms with Crippen LogP contribution >= 0.6 is 0 Å². The molecule has 2 rings (SSSR count). The number of nitrogens with zero attached hydrogens (tertiary/aromatic N) is 3. The van der Waals surface area contributed by atoms with Gasteiger partial charge in [-0.25, -0.2) is 4.68 Å². The van der Waals surface area contributed by atoms with Crippen molar-refractivity contribution < 1.29 is 4.79 Å². The highest BCUT2D eigenvalue weighted by Gasteiger charge is 2.17. The molecule has 2 aromatic heterocycles. The van der Waals surface area contributed by atoms with Crippen molar-refractivity contribution in [2.45, 2.75) is 65.7 Å². The fraction of sp³-hybridized carbons (Fsp3) is 0.526. The van der Waals surface area contributed by atoms with Crippen LogP contribution in [-0.2, 0) is 6.42 Å². The first kappa shape index (κ1) is 17.4. The van der Waals surface area contributed by atoms with Gasteiger partial charge in [0.05, 0.1) is 5.69 Å². The predicted octanol–water partition coefficient (Wildman–Crippen LogP) is 4.49. The Hall–Kier alpha value is -1.97. The number of carbonyl (C=O) groups excluding carboxylic acids is 1. The van der Waals surface area contributed by atoms with Gasteiger partial charge in [0.2, 0.25) is 0 Å². The Labute approximate surface area is 138 Å². The number of aryl methyl sites for hydroxylation is 1. The minimum atomic E-state index is -0.0813. The molecule has 2 aromatic rings. The fourth-order valence-corrected chi connectivity index (χ4v) is 2.93. The quantitative estimate of drug-likeness (QED) is 0.675. The van der Waals surface area contributed by atoms with Gasteiger partial charge in [0.15, 0.2) is 0 Å². The number of aromatic nitrogens is 3. The Kier molecular flexibility index (Phi) is 6.51. The van der Waals surface area contributed by atoms with Crippen LogP contribution in [0.2, 0.25) is 0 Å². The molecule has 0 atom stereocenters. The van der Waals surface area contributed by atoms with Gasteiger partial charge in [0.25, 0.3) is 5.91 Å². The first-order valence-corrected chi connectivity index (χ1v) is 8.65. The van der Waals surface area contributed by atoms with Crippen molar-refractivity contribution in [2.24, 2.45) is 0 Å². The summed E-state index contributed by atoms with van der Waals surface area (Å²) in [6.45, 7) is 6.22. The Bertz CT molecular complexity index is 632. The van der Waals surface area contributed by atoms with E-state index in [1.165, 1.54) is 48.8 Å². The average molecular weight is 313 g/mol. The maximum atomic E-state index is 12.6. The lowest BCUT2D eigenvalue weighted by Crippen LogP contribution is -2.15. The van der Waals surface area contributed by atoms with Gasteiger partial charge in [-0.3, -0.25) is 9.78 Å². The van der Waals surface area contributed by atoms with Gasteiger partial charge in [-0.15, -0.1) is 0 Å². The minimum absolute atomic E-state index is 0.0813. The number of rotatable bonds is 8. The van der Waals surface area contributed by atoms with E-state index >= 15 is 0 Å². The van der Waals surface area contributed by atoms with Crippen molar-refractivity contribution in [2.75, 3.05) is 0 Å². The van der Waals surface area contributed by atoms with Crippen LogP contribution in [0, 0.1) is 13.8 Å². The van der Waals surface area contributed by atoms with Crippen molar-refractivity contribution in [3.8, 4) is 0 Å². The molecule has 124 valence electrons. The van der Waals surface area contributed by atoms with Crippen molar-refractivity contribution in [3.63, 3.8) is 0 Å². The molecule has 0 fully saturated rings. The summed E-state index contributed by atoms with van der Waals surface area (Å²) in [6.07, 6.45) is 11.9. The van der Waals surface area contributed by atoms with Crippen LogP contribution in [-0.4, -0.2) is 20.7 Å². The number of carbonyl (C=O) groups is 1. The van der Waals surface area contributed by atoms with E-state index in [1.807, 2.05) is 13.8 Å². The van der Waals surface area contributed by atoms with E-state index in [0.717, 1.165) is 17.8 Å². The van der Waals surface area contributed by atoms with Crippen molar-refractivity contribution in [1.82, 2.24) is 14.8 Å². The normalized spacial score (nSPS) is 10.9. The summed E-state index contributed by atoms with van der Waals surface area (Å²) in [5, 5.41) is 4.46. The molecule has 0 aliphatic rings.